The third-order valence-electron chi connectivity index (χ3n) is 8.46. The van der Waals surface area contributed by atoms with E-state index in [1.165, 1.54) is 12.8 Å². The molecule has 4 rings (SSSR count). The van der Waals surface area contributed by atoms with E-state index < -0.39 is 0 Å². The normalized spacial score (nSPS) is 17.2. The number of amides is 2. The first-order chi connectivity index (χ1) is 20.6. The fourth-order valence-electron chi connectivity index (χ4n) is 5.73. The number of methoxy groups -OCH3 is 1. The maximum absolute atomic E-state index is 13.7. The summed E-state index contributed by atoms with van der Waals surface area (Å²) < 4.78 is 7.50. The molecule has 44 heavy (non-hydrogen) atoms. The number of carbonyl (C=O) groups excluding carboxylic acids is 2. The lowest BCUT2D eigenvalue weighted by atomic mass is 9.84. The Morgan fingerprint density at radius 2 is 1.77 bits per heavy atom. The molecule has 9 nitrogen and oxygen atoms in total. The van der Waals surface area contributed by atoms with Gasteiger partial charge < -0.3 is 20.3 Å². The number of nitrogens with zero attached hydrogens (tertiary/aromatic N) is 4. The van der Waals surface area contributed by atoms with Crippen LogP contribution in [-0.2, 0) is 11.8 Å². The lowest BCUT2D eigenvalue weighted by Gasteiger charge is -2.25. The number of carbonyl (C=O) groups is 2. The molecule has 0 radical (unpaired) electrons. The van der Waals surface area contributed by atoms with Gasteiger partial charge in [-0.25, -0.2) is 4.68 Å². The van der Waals surface area contributed by atoms with Crippen LogP contribution in [0.3, 0.4) is 0 Å². The summed E-state index contributed by atoms with van der Waals surface area (Å²) in [5.74, 6) is 0.750. The minimum Gasteiger partial charge on any atom is -0.494 e. The minimum absolute atomic E-state index is 0.0502. The molecule has 1 heterocycles. The van der Waals surface area contributed by atoms with Crippen LogP contribution in [0.5, 0.6) is 5.75 Å². The van der Waals surface area contributed by atoms with Gasteiger partial charge in [-0.15, -0.1) is 5.10 Å². The highest BCUT2D eigenvalue weighted by molar-refractivity contribution is 6.05. The van der Waals surface area contributed by atoms with Crippen molar-refractivity contribution >= 4 is 17.5 Å². The van der Waals surface area contributed by atoms with Crippen molar-refractivity contribution in [1.29, 1.82) is 0 Å². The van der Waals surface area contributed by atoms with Crippen molar-refractivity contribution in [2.75, 3.05) is 33.1 Å². The molecule has 0 aliphatic heterocycles. The van der Waals surface area contributed by atoms with E-state index in [0.29, 0.717) is 41.2 Å². The van der Waals surface area contributed by atoms with Gasteiger partial charge in [0.2, 0.25) is 0 Å². The Labute approximate surface area is 262 Å². The molecule has 0 bridgehead atoms. The van der Waals surface area contributed by atoms with Crippen molar-refractivity contribution in [3.8, 4) is 11.4 Å². The number of anilines is 1. The molecule has 1 saturated carbocycles. The molecule has 1 aliphatic rings. The molecular formula is C35H50N6O3. The Kier molecular flexibility index (Phi) is 9.88. The lowest BCUT2D eigenvalue weighted by Crippen LogP contribution is -2.32. The zero-order chi connectivity index (χ0) is 32.4. The van der Waals surface area contributed by atoms with Gasteiger partial charge in [-0.2, -0.15) is 0 Å². The molecule has 0 spiro atoms. The Balaban J connectivity index is 1.60. The summed E-state index contributed by atoms with van der Waals surface area (Å²) in [5, 5.41) is 14.3. The molecule has 1 unspecified atom stereocenters. The van der Waals surface area contributed by atoms with Gasteiger partial charge >= 0.3 is 0 Å². The van der Waals surface area contributed by atoms with Gasteiger partial charge in [0.25, 0.3) is 11.8 Å². The van der Waals surface area contributed by atoms with Crippen LogP contribution in [0.25, 0.3) is 5.69 Å². The number of aryl methyl sites for hydroxylation is 1. The van der Waals surface area contributed by atoms with Crippen molar-refractivity contribution in [3.63, 3.8) is 0 Å². The molecule has 1 aromatic heterocycles. The first-order valence-electron chi connectivity index (χ1n) is 15.6. The molecule has 9 heteroatoms. The van der Waals surface area contributed by atoms with Gasteiger partial charge in [-0.05, 0) is 98.3 Å². The molecule has 1 fully saturated rings. The van der Waals surface area contributed by atoms with Crippen molar-refractivity contribution < 1.29 is 14.3 Å². The molecule has 1 aliphatic carbocycles. The maximum Gasteiger partial charge on any atom is 0.273 e. The van der Waals surface area contributed by atoms with E-state index in [9.17, 15) is 9.59 Å². The van der Waals surface area contributed by atoms with Crippen molar-refractivity contribution in [1.82, 2.24) is 25.2 Å². The number of hydrogen-bond acceptors (Lipinski definition) is 6. The second-order valence-electron chi connectivity index (χ2n) is 14.7. The first-order valence-corrected chi connectivity index (χ1v) is 15.6. The summed E-state index contributed by atoms with van der Waals surface area (Å²) in [7, 11) is 5.99. The van der Waals surface area contributed by atoms with E-state index in [2.05, 4.69) is 87.5 Å². The van der Waals surface area contributed by atoms with Gasteiger partial charge in [-0.1, -0.05) is 58.9 Å². The highest BCUT2D eigenvalue weighted by Gasteiger charge is 2.29. The summed E-state index contributed by atoms with van der Waals surface area (Å²) in [6.45, 7) is 15.2. The molecular weight excluding hydrogens is 552 g/mol. The Morgan fingerprint density at radius 3 is 2.39 bits per heavy atom. The largest absolute Gasteiger partial charge is 0.494 e. The van der Waals surface area contributed by atoms with Crippen LogP contribution in [0.15, 0.2) is 36.5 Å². The standard InChI is InChI=1S/C35H50N6O3/c1-22-11-13-24(18-30(22)41-20-29(38-39-41)33(43)36-21-34(2,3)4)32(42)37-28-19-26(35(5,6)7)17-25(31(28)44-10)15-23-12-14-27(16-23)40(8)9/h11,13,17-20,23,27H,12,14-16,21H2,1-10H3,(H,36,43)(H,37,42)/t23?,27-/m0/s1. The average Bonchev–Trinajstić information content (AvgIpc) is 3.61. The van der Waals surface area contributed by atoms with Crippen molar-refractivity contribution in [2.45, 2.75) is 85.6 Å². The molecule has 3 aromatic rings. The summed E-state index contributed by atoms with van der Waals surface area (Å²) in [5.41, 5.74) is 5.05. The van der Waals surface area contributed by atoms with Gasteiger partial charge in [0, 0.05) is 18.2 Å². The van der Waals surface area contributed by atoms with Crippen LogP contribution in [0.2, 0.25) is 0 Å². The SMILES string of the molecule is COc1c(CC2CC[C@H](N(C)C)C2)cc(C(C)(C)C)cc1NC(=O)c1ccc(C)c(-n2cc(C(=O)NCC(C)(C)C)nn2)c1. The quantitative estimate of drug-likeness (QED) is 0.303. The topological polar surface area (TPSA) is 101 Å². The van der Waals surface area contributed by atoms with E-state index in [1.807, 2.05) is 19.1 Å². The predicted octanol–water partition coefficient (Wildman–Crippen LogP) is 6.18. The van der Waals surface area contributed by atoms with Crippen LogP contribution in [0, 0.1) is 18.3 Å². The molecule has 2 amide bonds. The summed E-state index contributed by atoms with van der Waals surface area (Å²) in [4.78, 5) is 28.7. The van der Waals surface area contributed by atoms with Gasteiger partial charge in [0.1, 0.15) is 5.75 Å². The van der Waals surface area contributed by atoms with E-state index >= 15 is 0 Å². The Hall–Kier alpha value is -3.72. The van der Waals surface area contributed by atoms with Crippen molar-refractivity contribution in [3.05, 3.63) is 64.5 Å². The fraction of sp³-hybridized carbons (Fsp3) is 0.543. The van der Waals surface area contributed by atoms with Crippen molar-refractivity contribution in [2.24, 2.45) is 11.3 Å². The smallest absolute Gasteiger partial charge is 0.273 e. The Morgan fingerprint density at radius 1 is 1.05 bits per heavy atom. The van der Waals surface area contributed by atoms with Crippen LogP contribution in [0.4, 0.5) is 5.69 Å². The monoisotopic (exact) mass is 602 g/mol. The van der Waals surface area contributed by atoms with Crippen LogP contribution >= 0.6 is 0 Å². The lowest BCUT2D eigenvalue weighted by molar-refractivity contribution is 0.0933. The number of benzene rings is 2. The highest BCUT2D eigenvalue weighted by Crippen LogP contribution is 2.39. The third kappa shape index (κ3) is 8.05. The summed E-state index contributed by atoms with van der Waals surface area (Å²) in [6.07, 6.45) is 6.04. The average molecular weight is 603 g/mol. The number of nitrogens with one attached hydrogen (secondary N) is 2. The molecule has 2 atom stereocenters. The van der Waals surface area contributed by atoms with Crippen LogP contribution in [0.1, 0.15) is 98.3 Å². The van der Waals surface area contributed by atoms with E-state index in [0.717, 1.165) is 29.5 Å². The van der Waals surface area contributed by atoms with Crippen LogP contribution < -0.4 is 15.4 Å². The zero-order valence-electron chi connectivity index (χ0n) is 28.2. The predicted molar refractivity (Wildman–Crippen MR) is 176 cm³/mol. The Bertz CT molecular complexity index is 1500. The second-order valence-corrected chi connectivity index (χ2v) is 14.7. The second kappa shape index (κ2) is 13.1. The van der Waals surface area contributed by atoms with E-state index in [-0.39, 0.29) is 28.3 Å². The number of rotatable bonds is 9. The summed E-state index contributed by atoms with van der Waals surface area (Å²) in [6, 6.07) is 10.3. The highest BCUT2D eigenvalue weighted by atomic mass is 16.5. The van der Waals surface area contributed by atoms with Gasteiger partial charge in [-0.3, -0.25) is 9.59 Å². The van der Waals surface area contributed by atoms with Gasteiger partial charge in [0.15, 0.2) is 5.69 Å². The maximum atomic E-state index is 13.7. The van der Waals surface area contributed by atoms with E-state index in [4.69, 9.17) is 4.74 Å². The molecule has 0 saturated heterocycles. The fourth-order valence-corrected chi connectivity index (χ4v) is 5.73. The number of ether oxygens (including phenoxy) is 1. The number of aromatic nitrogens is 3. The van der Waals surface area contributed by atoms with E-state index in [1.54, 1.807) is 30.1 Å². The molecule has 2 aromatic carbocycles. The zero-order valence-corrected chi connectivity index (χ0v) is 28.2. The molecule has 238 valence electrons. The molecule has 2 N–H and O–H groups in total. The summed E-state index contributed by atoms with van der Waals surface area (Å²) >= 11 is 0. The number of hydrogen-bond donors (Lipinski definition) is 2. The minimum atomic E-state index is -0.283. The first kappa shape index (κ1) is 33.2. The van der Waals surface area contributed by atoms with Crippen LogP contribution in [-0.4, -0.2) is 65.5 Å². The third-order valence-corrected chi connectivity index (χ3v) is 8.46. The van der Waals surface area contributed by atoms with Gasteiger partial charge in [0.05, 0.1) is 24.7 Å².